The molecule has 5 nitrogen and oxygen atoms in total. The van der Waals surface area contributed by atoms with E-state index in [0.29, 0.717) is 0 Å². The van der Waals surface area contributed by atoms with E-state index in [-0.39, 0.29) is 17.8 Å². The van der Waals surface area contributed by atoms with Gasteiger partial charge in [-0.2, -0.15) is 0 Å². The molecule has 1 aliphatic rings. The fraction of sp³-hybridized carbons (Fsp3) is 1.00. The third-order valence-corrected chi connectivity index (χ3v) is 6.40. The fourth-order valence-corrected chi connectivity index (χ4v) is 5.22. The molecule has 1 saturated carbocycles. The molecule has 0 spiro atoms. The zero-order chi connectivity index (χ0) is 12.4. The van der Waals surface area contributed by atoms with Gasteiger partial charge in [-0.25, -0.2) is 21.6 Å². The quantitative estimate of drug-likeness (QED) is 0.739. The second-order valence-electron chi connectivity index (χ2n) is 4.28. The van der Waals surface area contributed by atoms with E-state index in [1.165, 1.54) is 0 Å². The second kappa shape index (κ2) is 5.20. The van der Waals surface area contributed by atoms with Crippen LogP contribution in [0.4, 0.5) is 0 Å². The Labute approximate surface area is 102 Å². The summed E-state index contributed by atoms with van der Waals surface area (Å²) < 4.78 is 46.7. The highest BCUT2D eigenvalue weighted by Crippen LogP contribution is 2.28. The number of hydrogen-bond acceptors (Lipinski definition) is 4. The lowest BCUT2D eigenvalue weighted by atomic mass is 10.1. The van der Waals surface area contributed by atoms with Crippen molar-refractivity contribution in [3.63, 3.8) is 0 Å². The SMILES string of the molecule is CS(=O)(=O)CS(=O)(=O)NCC1CCC(Cl)C1. The van der Waals surface area contributed by atoms with Crippen LogP contribution in [0.1, 0.15) is 19.3 Å². The van der Waals surface area contributed by atoms with E-state index in [2.05, 4.69) is 4.72 Å². The predicted octanol–water partition coefficient (Wildman–Crippen LogP) is 0.315. The van der Waals surface area contributed by atoms with E-state index < -0.39 is 24.9 Å². The van der Waals surface area contributed by atoms with Crippen molar-refractivity contribution >= 4 is 31.5 Å². The van der Waals surface area contributed by atoms with Crippen molar-refractivity contribution in [1.29, 1.82) is 0 Å². The first-order valence-electron chi connectivity index (χ1n) is 4.97. The molecule has 0 heterocycles. The lowest BCUT2D eigenvalue weighted by Crippen LogP contribution is -2.33. The van der Waals surface area contributed by atoms with E-state index in [1.54, 1.807) is 0 Å². The standard InChI is InChI=1S/C8H16ClNO4S2/c1-15(11,12)6-16(13,14)10-5-7-2-3-8(9)4-7/h7-8,10H,2-6H2,1H3. The monoisotopic (exact) mass is 289 g/mol. The van der Waals surface area contributed by atoms with E-state index in [1.807, 2.05) is 0 Å². The summed E-state index contributed by atoms with van der Waals surface area (Å²) in [7, 11) is -7.24. The van der Waals surface area contributed by atoms with Crippen LogP contribution in [0.25, 0.3) is 0 Å². The lowest BCUT2D eigenvalue weighted by Gasteiger charge is -2.10. The van der Waals surface area contributed by atoms with Crippen LogP contribution < -0.4 is 4.72 Å². The molecule has 0 bridgehead atoms. The Morgan fingerprint density at radius 2 is 1.88 bits per heavy atom. The Hall–Kier alpha value is 0.150. The molecule has 8 heteroatoms. The Morgan fingerprint density at radius 3 is 2.31 bits per heavy atom. The van der Waals surface area contributed by atoms with Crippen molar-refractivity contribution in [3.8, 4) is 0 Å². The highest BCUT2D eigenvalue weighted by Gasteiger charge is 2.25. The minimum atomic E-state index is -3.73. The van der Waals surface area contributed by atoms with Gasteiger partial charge in [0, 0.05) is 18.2 Å². The van der Waals surface area contributed by atoms with Crippen molar-refractivity contribution in [1.82, 2.24) is 4.72 Å². The molecular formula is C8H16ClNO4S2. The van der Waals surface area contributed by atoms with E-state index >= 15 is 0 Å². The molecule has 1 aliphatic carbocycles. The molecule has 96 valence electrons. The van der Waals surface area contributed by atoms with Crippen molar-refractivity contribution in [3.05, 3.63) is 0 Å². The third kappa shape index (κ3) is 5.47. The Balaban J connectivity index is 2.43. The lowest BCUT2D eigenvalue weighted by molar-refractivity contribution is 0.521. The summed E-state index contributed by atoms with van der Waals surface area (Å²) >= 11 is 5.89. The summed E-state index contributed by atoms with van der Waals surface area (Å²) in [4.78, 5) is 0. The average molecular weight is 290 g/mol. The van der Waals surface area contributed by atoms with Gasteiger partial charge >= 0.3 is 0 Å². The van der Waals surface area contributed by atoms with Gasteiger partial charge < -0.3 is 0 Å². The number of alkyl halides is 1. The molecule has 0 aromatic heterocycles. The highest BCUT2D eigenvalue weighted by molar-refractivity contribution is 8.06. The predicted molar refractivity (Wildman–Crippen MR) is 63.6 cm³/mol. The molecule has 1 fully saturated rings. The summed E-state index contributed by atoms with van der Waals surface area (Å²) in [6, 6.07) is 0. The molecule has 0 aliphatic heterocycles. The minimum absolute atomic E-state index is 0.115. The van der Waals surface area contributed by atoms with Crippen LogP contribution in [-0.2, 0) is 19.9 Å². The van der Waals surface area contributed by atoms with E-state index in [0.717, 1.165) is 25.5 Å². The largest absolute Gasteiger partial charge is 0.228 e. The summed E-state index contributed by atoms with van der Waals surface area (Å²) in [6.45, 7) is 0.279. The van der Waals surface area contributed by atoms with Crippen LogP contribution >= 0.6 is 11.6 Å². The molecule has 0 saturated heterocycles. The van der Waals surface area contributed by atoms with Crippen LogP contribution in [-0.4, -0.2) is 40.1 Å². The van der Waals surface area contributed by atoms with Crippen LogP contribution in [0.15, 0.2) is 0 Å². The molecule has 0 aromatic carbocycles. The minimum Gasteiger partial charge on any atom is -0.228 e. The van der Waals surface area contributed by atoms with Gasteiger partial charge in [-0.05, 0) is 25.2 Å². The van der Waals surface area contributed by atoms with Gasteiger partial charge in [0.25, 0.3) is 0 Å². The van der Waals surface area contributed by atoms with Gasteiger partial charge in [0.2, 0.25) is 10.0 Å². The van der Waals surface area contributed by atoms with Gasteiger partial charge in [0.15, 0.2) is 14.9 Å². The van der Waals surface area contributed by atoms with Crippen LogP contribution in [0, 0.1) is 5.92 Å². The number of hydrogen-bond donors (Lipinski definition) is 1. The molecule has 1 rings (SSSR count). The molecule has 0 aromatic rings. The number of nitrogens with one attached hydrogen (secondary N) is 1. The van der Waals surface area contributed by atoms with Crippen LogP contribution in [0.3, 0.4) is 0 Å². The number of sulfonamides is 1. The van der Waals surface area contributed by atoms with Gasteiger partial charge in [-0.15, -0.1) is 11.6 Å². The van der Waals surface area contributed by atoms with Gasteiger partial charge in [-0.1, -0.05) is 0 Å². The summed E-state index contributed by atoms with van der Waals surface area (Å²) in [6.07, 6.45) is 3.45. The highest BCUT2D eigenvalue weighted by atomic mass is 35.5. The van der Waals surface area contributed by atoms with Crippen molar-refractivity contribution in [2.45, 2.75) is 24.6 Å². The number of halogens is 1. The van der Waals surface area contributed by atoms with Gasteiger partial charge in [0.05, 0.1) is 0 Å². The van der Waals surface area contributed by atoms with E-state index in [9.17, 15) is 16.8 Å². The van der Waals surface area contributed by atoms with Crippen LogP contribution in [0.2, 0.25) is 0 Å². The molecule has 0 amide bonds. The van der Waals surface area contributed by atoms with Gasteiger partial charge in [-0.3, -0.25) is 0 Å². The maximum Gasteiger partial charge on any atom is 0.226 e. The molecule has 2 atom stereocenters. The molecule has 16 heavy (non-hydrogen) atoms. The zero-order valence-corrected chi connectivity index (χ0v) is 11.4. The number of sulfone groups is 1. The molecular weight excluding hydrogens is 274 g/mol. The third-order valence-electron chi connectivity index (χ3n) is 2.44. The normalized spacial score (nSPS) is 27.1. The van der Waals surface area contributed by atoms with Crippen LogP contribution in [0.5, 0.6) is 0 Å². The maximum atomic E-state index is 11.4. The smallest absolute Gasteiger partial charge is 0.226 e. The Kier molecular flexibility index (Phi) is 4.62. The summed E-state index contributed by atoms with van der Waals surface area (Å²) in [5.41, 5.74) is 0. The zero-order valence-electron chi connectivity index (χ0n) is 9.02. The Morgan fingerprint density at radius 1 is 1.25 bits per heavy atom. The van der Waals surface area contributed by atoms with E-state index in [4.69, 9.17) is 11.6 Å². The van der Waals surface area contributed by atoms with Crippen molar-refractivity contribution in [2.75, 3.05) is 17.9 Å². The first-order chi connectivity index (χ1) is 7.18. The summed E-state index contributed by atoms with van der Waals surface area (Å²) in [5, 5.41) is -0.735. The number of rotatable bonds is 5. The van der Waals surface area contributed by atoms with Crippen molar-refractivity contribution < 1.29 is 16.8 Å². The first kappa shape index (κ1) is 14.2. The van der Waals surface area contributed by atoms with Crippen molar-refractivity contribution in [2.24, 2.45) is 5.92 Å². The first-order valence-corrected chi connectivity index (χ1v) is 9.12. The summed E-state index contributed by atoms with van der Waals surface area (Å²) in [5.74, 6) is 0.219. The van der Waals surface area contributed by atoms with Gasteiger partial charge in [0.1, 0.15) is 0 Å². The fourth-order valence-electron chi connectivity index (χ4n) is 1.77. The molecule has 2 unspecified atom stereocenters. The maximum absolute atomic E-state index is 11.4. The average Bonchev–Trinajstić information content (AvgIpc) is 2.44. The Bertz CT molecular complexity index is 431. The topological polar surface area (TPSA) is 80.3 Å². The second-order valence-corrected chi connectivity index (χ2v) is 9.21. The molecule has 1 N–H and O–H groups in total. The molecule has 0 radical (unpaired) electrons.